The number of carbonyl (C=O) groups excluding carboxylic acids is 1. The first kappa shape index (κ1) is 18.4. The largest absolute Gasteiger partial charge is 0.478 e. The molecule has 1 aromatic carbocycles. The lowest BCUT2D eigenvalue weighted by molar-refractivity contribution is -0.139. The summed E-state index contributed by atoms with van der Waals surface area (Å²) in [5.74, 6) is -2.75. The molecule has 2 N–H and O–H groups in total. The summed E-state index contributed by atoms with van der Waals surface area (Å²) in [7, 11) is -4.86. The molecule has 11 heteroatoms. The number of sulfonamides is 1. The highest BCUT2D eigenvalue weighted by Crippen LogP contribution is 2.33. The maximum atomic E-state index is 12.9. The van der Waals surface area contributed by atoms with Crippen LogP contribution in [-0.4, -0.2) is 30.4 Å². The van der Waals surface area contributed by atoms with Crippen LogP contribution in [0.5, 0.6) is 0 Å². The number of alkyl halides is 3. The molecule has 0 saturated carbocycles. The fraction of sp³-hybridized carbons (Fsp3) is 0.0714. The highest BCUT2D eigenvalue weighted by atomic mass is 32.2. The molecular weight excluding hydrogens is 365 g/mol. The van der Waals surface area contributed by atoms with Gasteiger partial charge in [-0.3, -0.25) is 9.78 Å². The molecule has 0 aliphatic heterocycles. The number of hydrogen-bond donors (Lipinski definition) is 2. The zero-order valence-electron chi connectivity index (χ0n) is 12.1. The van der Waals surface area contributed by atoms with E-state index in [1.165, 1.54) is 4.72 Å². The van der Waals surface area contributed by atoms with E-state index < -0.39 is 44.2 Å². The van der Waals surface area contributed by atoms with Crippen LogP contribution < -0.4 is 4.72 Å². The molecule has 0 unspecified atom stereocenters. The number of hydrogen-bond acceptors (Lipinski definition) is 5. The third-order valence-electron chi connectivity index (χ3n) is 2.95. The number of benzene rings is 1. The number of carboxylic acid groups (broad SMARTS) is 1. The summed E-state index contributed by atoms with van der Waals surface area (Å²) >= 11 is 0. The van der Waals surface area contributed by atoms with Crippen LogP contribution in [0.25, 0.3) is 0 Å². The van der Waals surface area contributed by atoms with Crippen molar-refractivity contribution >= 4 is 21.9 Å². The van der Waals surface area contributed by atoms with Gasteiger partial charge in [0.25, 0.3) is 15.9 Å². The lowest BCUT2D eigenvalue weighted by Gasteiger charge is -2.13. The third kappa shape index (κ3) is 4.12. The third-order valence-corrected chi connectivity index (χ3v) is 4.34. The summed E-state index contributed by atoms with van der Waals surface area (Å²) in [6, 6.07) is 5.18. The van der Waals surface area contributed by atoms with Gasteiger partial charge >= 0.3 is 12.1 Å². The minimum atomic E-state index is -4.95. The van der Waals surface area contributed by atoms with Gasteiger partial charge in [-0.15, -0.1) is 0 Å². The Morgan fingerprint density at radius 3 is 2.36 bits per heavy atom. The molecule has 0 aliphatic rings. The van der Waals surface area contributed by atoms with Crippen molar-refractivity contribution in [1.29, 1.82) is 0 Å². The Balaban J connectivity index is 2.39. The molecule has 2 rings (SSSR count). The summed E-state index contributed by atoms with van der Waals surface area (Å²) in [6.07, 6.45) is -4.00. The van der Waals surface area contributed by atoms with Crippen LogP contribution in [0.3, 0.4) is 0 Å². The van der Waals surface area contributed by atoms with Crippen molar-refractivity contribution in [2.24, 2.45) is 0 Å². The summed E-state index contributed by atoms with van der Waals surface area (Å²) in [6.45, 7) is 0. The fourth-order valence-electron chi connectivity index (χ4n) is 1.85. The van der Waals surface area contributed by atoms with E-state index in [1.54, 1.807) is 0 Å². The first-order valence-electron chi connectivity index (χ1n) is 6.45. The van der Waals surface area contributed by atoms with Gasteiger partial charge in [-0.25, -0.2) is 17.9 Å². The molecule has 132 valence electrons. The predicted molar refractivity (Wildman–Crippen MR) is 77.3 cm³/mol. The molecule has 0 spiro atoms. The van der Waals surface area contributed by atoms with E-state index in [0.29, 0.717) is 12.1 Å². The lowest BCUT2D eigenvalue weighted by atomic mass is 10.2. The predicted octanol–water partition coefficient (Wildman–Crippen LogP) is 1.92. The monoisotopic (exact) mass is 374 g/mol. The van der Waals surface area contributed by atoms with Crippen molar-refractivity contribution in [2.75, 3.05) is 0 Å². The average Bonchev–Trinajstić information content (AvgIpc) is 2.53. The summed E-state index contributed by atoms with van der Waals surface area (Å²) in [5, 5.41) is 8.82. The second-order valence-electron chi connectivity index (χ2n) is 4.66. The van der Waals surface area contributed by atoms with Crippen LogP contribution in [0.2, 0.25) is 0 Å². The first-order valence-corrected chi connectivity index (χ1v) is 7.93. The zero-order chi connectivity index (χ0) is 18.8. The Bertz CT molecular complexity index is 941. The molecule has 0 saturated heterocycles. The molecule has 0 aliphatic carbocycles. The number of nitrogens with zero attached hydrogens (tertiary/aromatic N) is 1. The highest BCUT2D eigenvalue weighted by molar-refractivity contribution is 7.90. The number of aromatic carboxylic acids is 1. The Morgan fingerprint density at radius 2 is 1.76 bits per heavy atom. The standard InChI is InChI=1S/C14H9F3N2O5S/c15-14(16,17)9-3-1-2-4-11(9)25(23,24)19-12(20)10-7-8(13(21)22)5-6-18-10/h1-7H,(H,19,20)(H,21,22). The van der Waals surface area contributed by atoms with Gasteiger partial charge in [-0.2, -0.15) is 13.2 Å². The molecule has 0 radical (unpaired) electrons. The van der Waals surface area contributed by atoms with E-state index in [2.05, 4.69) is 4.98 Å². The van der Waals surface area contributed by atoms with E-state index in [-0.39, 0.29) is 5.56 Å². The lowest BCUT2D eigenvalue weighted by Crippen LogP contribution is -2.32. The Kier molecular flexibility index (Phi) is 4.79. The molecule has 0 bridgehead atoms. The quantitative estimate of drug-likeness (QED) is 0.845. The zero-order valence-corrected chi connectivity index (χ0v) is 12.9. The van der Waals surface area contributed by atoms with Crippen LogP contribution in [-0.2, 0) is 16.2 Å². The van der Waals surface area contributed by atoms with E-state index in [0.717, 1.165) is 30.5 Å². The molecule has 2 aromatic rings. The van der Waals surface area contributed by atoms with E-state index >= 15 is 0 Å². The van der Waals surface area contributed by atoms with E-state index in [4.69, 9.17) is 5.11 Å². The number of carbonyl (C=O) groups is 2. The minimum absolute atomic E-state index is 0.340. The topological polar surface area (TPSA) is 113 Å². The molecule has 0 atom stereocenters. The maximum absolute atomic E-state index is 12.9. The number of rotatable bonds is 4. The smallest absolute Gasteiger partial charge is 0.417 e. The van der Waals surface area contributed by atoms with Crippen molar-refractivity contribution in [3.05, 3.63) is 59.4 Å². The summed E-state index contributed by atoms with van der Waals surface area (Å²) in [5.41, 5.74) is -2.36. The molecule has 1 aromatic heterocycles. The van der Waals surface area contributed by atoms with Crippen molar-refractivity contribution in [1.82, 2.24) is 9.71 Å². The fourth-order valence-corrected chi connectivity index (χ4v) is 3.04. The minimum Gasteiger partial charge on any atom is -0.478 e. The van der Waals surface area contributed by atoms with Crippen molar-refractivity contribution in [3.63, 3.8) is 0 Å². The normalized spacial score (nSPS) is 11.8. The molecular formula is C14H9F3N2O5S. The molecule has 1 heterocycles. The van der Waals surface area contributed by atoms with Gasteiger partial charge in [0.1, 0.15) is 5.69 Å². The average molecular weight is 374 g/mol. The SMILES string of the molecule is O=C(O)c1ccnc(C(=O)NS(=O)(=O)c2ccccc2C(F)(F)F)c1. The van der Waals surface area contributed by atoms with E-state index in [9.17, 15) is 31.2 Å². The van der Waals surface area contributed by atoms with Crippen LogP contribution in [0, 0.1) is 0 Å². The van der Waals surface area contributed by atoms with Gasteiger partial charge in [0.15, 0.2) is 0 Å². The van der Waals surface area contributed by atoms with Gasteiger partial charge in [0.05, 0.1) is 16.0 Å². The summed E-state index contributed by atoms with van der Waals surface area (Å²) < 4.78 is 64.5. The van der Waals surface area contributed by atoms with Crippen LogP contribution >= 0.6 is 0 Å². The van der Waals surface area contributed by atoms with Crippen LogP contribution in [0.15, 0.2) is 47.5 Å². The van der Waals surface area contributed by atoms with Gasteiger partial charge in [0.2, 0.25) is 0 Å². The van der Waals surface area contributed by atoms with E-state index in [1.807, 2.05) is 0 Å². The first-order chi connectivity index (χ1) is 11.5. The number of halogens is 3. The highest BCUT2D eigenvalue weighted by Gasteiger charge is 2.37. The number of carboxylic acids is 1. The second kappa shape index (κ2) is 6.51. The molecule has 25 heavy (non-hydrogen) atoms. The molecule has 1 amide bonds. The maximum Gasteiger partial charge on any atom is 0.417 e. The van der Waals surface area contributed by atoms with Gasteiger partial charge in [0, 0.05) is 6.20 Å². The van der Waals surface area contributed by atoms with Gasteiger partial charge < -0.3 is 5.11 Å². The number of pyridine rings is 1. The molecule has 7 nitrogen and oxygen atoms in total. The number of aromatic nitrogens is 1. The van der Waals surface area contributed by atoms with Crippen molar-refractivity contribution < 1.29 is 36.3 Å². The van der Waals surface area contributed by atoms with Crippen LogP contribution in [0.1, 0.15) is 26.4 Å². The van der Waals surface area contributed by atoms with Crippen LogP contribution in [0.4, 0.5) is 13.2 Å². The number of amides is 1. The van der Waals surface area contributed by atoms with Crippen molar-refractivity contribution in [3.8, 4) is 0 Å². The number of nitrogens with one attached hydrogen (secondary N) is 1. The Morgan fingerprint density at radius 1 is 1.12 bits per heavy atom. The Labute approximate surface area is 139 Å². The van der Waals surface area contributed by atoms with Gasteiger partial charge in [-0.1, -0.05) is 12.1 Å². The van der Waals surface area contributed by atoms with Gasteiger partial charge in [-0.05, 0) is 24.3 Å². The summed E-state index contributed by atoms with van der Waals surface area (Å²) in [4.78, 5) is 25.2. The molecule has 0 fully saturated rings. The Hall–Kier alpha value is -2.95. The second-order valence-corrected chi connectivity index (χ2v) is 6.31. The van der Waals surface area contributed by atoms with Crippen molar-refractivity contribution in [2.45, 2.75) is 11.1 Å².